The number of benzene rings is 2. The van der Waals surface area contributed by atoms with Gasteiger partial charge >= 0.3 is 0 Å². The fourth-order valence-corrected chi connectivity index (χ4v) is 3.13. The van der Waals surface area contributed by atoms with Crippen molar-refractivity contribution in [3.63, 3.8) is 0 Å². The minimum atomic E-state index is -0.277. The van der Waals surface area contributed by atoms with Gasteiger partial charge in [0.15, 0.2) is 0 Å². The van der Waals surface area contributed by atoms with Crippen molar-refractivity contribution in [2.45, 2.75) is 0 Å². The van der Waals surface area contributed by atoms with E-state index in [0.29, 0.717) is 38.3 Å². The molecule has 1 N–H and O–H groups in total. The van der Waals surface area contributed by atoms with Gasteiger partial charge < -0.3 is 5.32 Å². The smallest absolute Gasteiger partial charge is 0.274 e. The van der Waals surface area contributed by atoms with Crippen molar-refractivity contribution in [3.05, 3.63) is 88.7 Å². The molecule has 0 unspecified atom stereocenters. The van der Waals surface area contributed by atoms with E-state index in [4.69, 9.17) is 23.2 Å². The number of rotatable bonds is 3. The first kappa shape index (κ1) is 16.6. The molecule has 0 bridgehead atoms. The number of nitrogens with one attached hydrogen (secondary N) is 1. The van der Waals surface area contributed by atoms with Gasteiger partial charge in [-0.05, 0) is 42.5 Å². The van der Waals surface area contributed by atoms with Gasteiger partial charge in [0.2, 0.25) is 0 Å². The molecule has 1 amide bonds. The number of imidazole rings is 1. The first-order valence-electron chi connectivity index (χ1n) is 7.92. The Hall–Kier alpha value is -2.82. The molecule has 26 heavy (non-hydrogen) atoms. The lowest BCUT2D eigenvalue weighted by Gasteiger charge is -2.08. The van der Waals surface area contributed by atoms with Crippen molar-refractivity contribution in [1.29, 1.82) is 0 Å². The van der Waals surface area contributed by atoms with Crippen molar-refractivity contribution in [1.82, 2.24) is 9.38 Å². The van der Waals surface area contributed by atoms with Crippen LogP contribution in [-0.2, 0) is 0 Å². The maximum Gasteiger partial charge on any atom is 0.274 e. The van der Waals surface area contributed by atoms with Crippen LogP contribution in [0.2, 0.25) is 10.0 Å². The van der Waals surface area contributed by atoms with Crippen molar-refractivity contribution < 1.29 is 4.79 Å². The number of halogens is 2. The lowest BCUT2D eigenvalue weighted by atomic mass is 10.1. The lowest BCUT2D eigenvalue weighted by Crippen LogP contribution is -2.15. The summed E-state index contributed by atoms with van der Waals surface area (Å²) in [6.45, 7) is 0. The number of carbonyl (C=O) groups excluding carboxylic acids is 1. The predicted molar refractivity (Wildman–Crippen MR) is 105 cm³/mol. The fraction of sp³-hybridized carbons (Fsp3) is 0. The molecule has 0 aliphatic heterocycles. The minimum Gasteiger partial charge on any atom is -0.321 e. The van der Waals surface area contributed by atoms with E-state index in [9.17, 15) is 4.79 Å². The van der Waals surface area contributed by atoms with Crippen LogP contribution < -0.4 is 5.32 Å². The average Bonchev–Trinajstić information content (AvgIpc) is 3.03. The first-order valence-corrected chi connectivity index (χ1v) is 8.68. The molecule has 0 radical (unpaired) electrons. The van der Waals surface area contributed by atoms with Crippen LogP contribution in [-0.4, -0.2) is 15.3 Å². The van der Waals surface area contributed by atoms with Gasteiger partial charge in [-0.1, -0.05) is 47.5 Å². The summed E-state index contributed by atoms with van der Waals surface area (Å²) in [5.74, 6) is -0.277. The largest absolute Gasteiger partial charge is 0.321 e. The molecular weight excluding hydrogens is 369 g/mol. The Kier molecular flexibility index (Phi) is 4.37. The average molecular weight is 382 g/mol. The standard InChI is InChI=1S/C20H13Cl2N3O/c21-13-8-10-14(11-9-13)23-20(26)19-18(15-5-1-2-6-16(15)22)24-17-7-3-4-12-25(17)19/h1-12H,(H,23,26). The highest BCUT2D eigenvalue weighted by molar-refractivity contribution is 6.33. The molecule has 128 valence electrons. The number of carbonyl (C=O) groups is 1. The fourth-order valence-electron chi connectivity index (χ4n) is 2.78. The van der Waals surface area contributed by atoms with E-state index in [2.05, 4.69) is 10.3 Å². The molecule has 4 aromatic rings. The Morgan fingerprint density at radius 1 is 0.923 bits per heavy atom. The normalized spacial score (nSPS) is 10.8. The summed E-state index contributed by atoms with van der Waals surface area (Å²) in [4.78, 5) is 17.6. The van der Waals surface area contributed by atoms with Gasteiger partial charge in [-0.25, -0.2) is 4.98 Å². The maximum absolute atomic E-state index is 13.0. The lowest BCUT2D eigenvalue weighted by molar-refractivity contribution is 0.102. The van der Waals surface area contributed by atoms with Gasteiger partial charge in [0, 0.05) is 22.5 Å². The van der Waals surface area contributed by atoms with Gasteiger partial charge in [-0.3, -0.25) is 9.20 Å². The van der Waals surface area contributed by atoms with Crippen LogP contribution >= 0.6 is 23.2 Å². The van der Waals surface area contributed by atoms with E-state index in [1.165, 1.54) is 0 Å². The molecule has 4 rings (SSSR count). The van der Waals surface area contributed by atoms with Crippen LogP contribution in [0.15, 0.2) is 72.9 Å². The topological polar surface area (TPSA) is 46.4 Å². The summed E-state index contributed by atoms with van der Waals surface area (Å²) >= 11 is 12.3. The molecule has 2 heterocycles. The monoisotopic (exact) mass is 381 g/mol. The van der Waals surface area contributed by atoms with E-state index in [1.807, 2.05) is 36.4 Å². The second-order valence-corrected chi connectivity index (χ2v) is 6.52. The zero-order valence-electron chi connectivity index (χ0n) is 13.5. The van der Waals surface area contributed by atoms with Gasteiger partial charge in [0.25, 0.3) is 5.91 Å². The van der Waals surface area contributed by atoms with Crippen LogP contribution in [0.5, 0.6) is 0 Å². The van der Waals surface area contributed by atoms with Crippen LogP contribution in [0.4, 0.5) is 5.69 Å². The number of hydrogen-bond donors (Lipinski definition) is 1. The van der Waals surface area contributed by atoms with Crippen molar-refractivity contribution in [2.75, 3.05) is 5.32 Å². The zero-order valence-corrected chi connectivity index (χ0v) is 15.0. The summed E-state index contributed by atoms with van der Waals surface area (Å²) in [7, 11) is 0. The zero-order chi connectivity index (χ0) is 18.1. The summed E-state index contributed by atoms with van der Waals surface area (Å²) in [5, 5.41) is 4.04. The van der Waals surface area contributed by atoms with Gasteiger partial charge in [0.05, 0.1) is 5.02 Å². The predicted octanol–water partition coefficient (Wildman–Crippen LogP) is 5.56. The number of amides is 1. The van der Waals surface area contributed by atoms with E-state index < -0.39 is 0 Å². The molecule has 0 spiro atoms. The second kappa shape index (κ2) is 6.83. The van der Waals surface area contributed by atoms with Crippen LogP contribution in [0, 0.1) is 0 Å². The van der Waals surface area contributed by atoms with Crippen molar-refractivity contribution >= 4 is 40.4 Å². The summed E-state index contributed by atoms with van der Waals surface area (Å²) in [6, 6.07) is 19.9. The summed E-state index contributed by atoms with van der Waals surface area (Å²) in [6.07, 6.45) is 1.81. The molecule has 2 aromatic heterocycles. The highest BCUT2D eigenvalue weighted by Crippen LogP contribution is 2.31. The van der Waals surface area contributed by atoms with Gasteiger partial charge in [-0.15, -0.1) is 0 Å². The number of anilines is 1. The molecule has 0 saturated heterocycles. The van der Waals surface area contributed by atoms with Crippen molar-refractivity contribution in [2.24, 2.45) is 0 Å². The SMILES string of the molecule is O=C(Nc1ccc(Cl)cc1)c1c(-c2ccccc2Cl)nc2ccccn12. The van der Waals surface area contributed by atoms with Crippen LogP contribution in [0.25, 0.3) is 16.9 Å². The Morgan fingerprint density at radius 3 is 2.42 bits per heavy atom. The highest BCUT2D eigenvalue weighted by Gasteiger charge is 2.22. The highest BCUT2D eigenvalue weighted by atomic mass is 35.5. The number of fused-ring (bicyclic) bond motifs is 1. The minimum absolute atomic E-state index is 0.277. The Labute approximate surface area is 160 Å². The summed E-state index contributed by atoms with van der Waals surface area (Å²) in [5.41, 5.74) is 2.98. The maximum atomic E-state index is 13.0. The quantitative estimate of drug-likeness (QED) is 0.504. The molecular formula is C20H13Cl2N3O. The van der Waals surface area contributed by atoms with Gasteiger partial charge in [0.1, 0.15) is 17.0 Å². The molecule has 0 fully saturated rings. The van der Waals surface area contributed by atoms with E-state index >= 15 is 0 Å². The molecule has 0 aliphatic rings. The Balaban J connectivity index is 1.85. The third kappa shape index (κ3) is 3.05. The van der Waals surface area contributed by atoms with Crippen LogP contribution in [0.3, 0.4) is 0 Å². The molecule has 0 atom stereocenters. The van der Waals surface area contributed by atoms with Crippen LogP contribution in [0.1, 0.15) is 10.5 Å². The van der Waals surface area contributed by atoms with E-state index in [0.717, 1.165) is 0 Å². The third-order valence-electron chi connectivity index (χ3n) is 3.98. The van der Waals surface area contributed by atoms with E-state index in [1.54, 1.807) is 40.9 Å². The molecule has 0 saturated carbocycles. The summed E-state index contributed by atoms with van der Waals surface area (Å²) < 4.78 is 1.75. The third-order valence-corrected chi connectivity index (χ3v) is 4.56. The van der Waals surface area contributed by atoms with E-state index in [-0.39, 0.29) is 5.91 Å². The molecule has 0 aliphatic carbocycles. The molecule has 4 nitrogen and oxygen atoms in total. The second-order valence-electron chi connectivity index (χ2n) is 5.68. The number of nitrogens with zero attached hydrogens (tertiary/aromatic N) is 2. The Bertz CT molecular complexity index is 1100. The Morgan fingerprint density at radius 2 is 1.65 bits per heavy atom. The van der Waals surface area contributed by atoms with Gasteiger partial charge in [-0.2, -0.15) is 0 Å². The first-order chi connectivity index (χ1) is 12.6. The number of aromatic nitrogens is 2. The number of hydrogen-bond acceptors (Lipinski definition) is 2. The molecule has 6 heteroatoms. The van der Waals surface area contributed by atoms with Crippen molar-refractivity contribution in [3.8, 4) is 11.3 Å². The number of pyridine rings is 1. The molecule has 2 aromatic carbocycles.